The maximum absolute atomic E-state index is 13.3. The Bertz CT molecular complexity index is 938. The highest BCUT2D eigenvalue weighted by molar-refractivity contribution is 6.12. The van der Waals surface area contributed by atoms with E-state index in [9.17, 15) is 14.4 Å². The molecule has 1 saturated heterocycles. The lowest BCUT2D eigenvalue weighted by Gasteiger charge is -2.44. The fourth-order valence-corrected chi connectivity index (χ4v) is 3.96. The second-order valence-electron chi connectivity index (χ2n) is 6.84. The summed E-state index contributed by atoms with van der Waals surface area (Å²) in [6.07, 6.45) is -0.416. The van der Waals surface area contributed by atoms with E-state index >= 15 is 0 Å². The molecule has 2 aliphatic heterocycles. The van der Waals surface area contributed by atoms with Gasteiger partial charge in [0.2, 0.25) is 5.91 Å². The van der Waals surface area contributed by atoms with Crippen LogP contribution in [0.15, 0.2) is 48.5 Å². The van der Waals surface area contributed by atoms with Crippen LogP contribution in [-0.2, 0) is 19.1 Å². The number of fused-ring (bicyclic) bond motifs is 3. The van der Waals surface area contributed by atoms with Crippen LogP contribution in [0.1, 0.15) is 33.8 Å². The Labute approximate surface area is 156 Å². The third-order valence-corrected chi connectivity index (χ3v) is 5.20. The first-order valence-corrected chi connectivity index (χ1v) is 8.78. The van der Waals surface area contributed by atoms with E-state index < -0.39 is 35.9 Å². The van der Waals surface area contributed by atoms with Gasteiger partial charge in [-0.1, -0.05) is 42.0 Å². The van der Waals surface area contributed by atoms with Crippen molar-refractivity contribution in [3.05, 3.63) is 65.2 Å². The summed E-state index contributed by atoms with van der Waals surface area (Å²) in [5.74, 6) is -2.87. The van der Waals surface area contributed by atoms with Crippen LogP contribution in [-0.4, -0.2) is 31.2 Å². The average Bonchev–Trinajstić information content (AvgIpc) is 2.67. The first-order chi connectivity index (χ1) is 13.0. The van der Waals surface area contributed by atoms with Gasteiger partial charge in [0.25, 0.3) is 0 Å². The first kappa shape index (κ1) is 17.3. The number of hydrogen-bond acceptors (Lipinski definition) is 5. The van der Waals surface area contributed by atoms with Gasteiger partial charge in [0, 0.05) is 12.3 Å². The summed E-state index contributed by atoms with van der Waals surface area (Å²) in [5, 5.41) is 0. The lowest BCUT2D eigenvalue weighted by Crippen LogP contribution is -2.57. The molecular formula is C21H19NO5. The number of carbonyl (C=O) groups is 3. The van der Waals surface area contributed by atoms with Gasteiger partial charge < -0.3 is 9.47 Å². The van der Waals surface area contributed by atoms with E-state index in [-0.39, 0.29) is 0 Å². The number of methoxy groups -OCH3 is 1. The van der Waals surface area contributed by atoms with Crippen LogP contribution < -0.4 is 4.90 Å². The predicted molar refractivity (Wildman–Crippen MR) is 97.2 cm³/mol. The Morgan fingerprint density at radius 3 is 2.67 bits per heavy atom. The van der Waals surface area contributed by atoms with Gasteiger partial charge in [-0.2, -0.15) is 0 Å². The lowest BCUT2D eigenvalue weighted by atomic mass is 9.78. The molecule has 138 valence electrons. The third-order valence-electron chi connectivity index (χ3n) is 5.20. The smallest absolute Gasteiger partial charge is 0.342 e. The molecule has 4 rings (SSSR count). The van der Waals surface area contributed by atoms with E-state index in [1.54, 1.807) is 24.3 Å². The van der Waals surface area contributed by atoms with Gasteiger partial charge >= 0.3 is 11.9 Å². The van der Waals surface area contributed by atoms with Crippen molar-refractivity contribution < 1.29 is 23.9 Å². The summed E-state index contributed by atoms with van der Waals surface area (Å²) in [7, 11) is 1.28. The van der Waals surface area contributed by atoms with Crippen molar-refractivity contribution in [2.45, 2.75) is 25.5 Å². The maximum atomic E-state index is 13.3. The van der Waals surface area contributed by atoms with Crippen molar-refractivity contribution in [1.82, 2.24) is 0 Å². The molecule has 0 aliphatic carbocycles. The quantitative estimate of drug-likeness (QED) is 0.604. The lowest BCUT2D eigenvalue weighted by molar-refractivity contribution is -0.153. The van der Waals surface area contributed by atoms with Crippen molar-refractivity contribution in [2.24, 2.45) is 5.92 Å². The molecule has 0 bridgehead atoms. The molecule has 1 fully saturated rings. The predicted octanol–water partition coefficient (Wildman–Crippen LogP) is 2.80. The van der Waals surface area contributed by atoms with Crippen LogP contribution in [0.25, 0.3) is 0 Å². The number of amides is 1. The summed E-state index contributed by atoms with van der Waals surface area (Å²) in [6.45, 7) is 1.95. The molecule has 0 radical (unpaired) electrons. The summed E-state index contributed by atoms with van der Waals surface area (Å²) >= 11 is 0. The Hall–Kier alpha value is -3.15. The first-order valence-electron chi connectivity index (χ1n) is 8.78. The zero-order valence-electron chi connectivity index (χ0n) is 15.0. The van der Waals surface area contributed by atoms with Crippen LogP contribution in [0, 0.1) is 12.8 Å². The van der Waals surface area contributed by atoms with Crippen LogP contribution in [0.5, 0.6) is 0 Å². The number of esters is 2. The van der Waals surface area contributed by atoms with Crippen molar-refractivity contribution in [2.75, 3.05) is 12.0 Å². The van der Waals surface area contributed by atoms with E-state index in [2.05, 4.69) is 0 Å². The van der Waals surface area contributed by atoms with Crippen LogP contribution in [0.2, 0.25) is 0 Å². The molecule has 0 saturated carbocycles. The number of nitrogens with zero attached hydrogens (tertiary/aromatic N) is 1. The maximum Gasteiger partial charge on any atom is 0.342 e. The molecular weight excluding hydrogens is 346 g/mol. The van der Waals surface area contributed by atoms with Crippen LogP contribution in [0.3, 0.4) is 0 Å². The number of benzene rings is 2. The van der Waals surface area contributed by atoms with Gasteiger partial charge in [0.05, 0.1) is 18.4 Å². The van der Waals surface area contributed by atoms with E-state index in [0.717, 1.165) is 11.1 Å². The number of hydrogen-bond donors (Lipinski definition) is 0. The molecule has 2 aliphatic rings. The van der Waals surface area contributed by atoms with E-state index in [1.807, 2.05) is 31.2 Å². The van der Waals surface area contributed by atoms with Crippen molar-refractivity contribution in [1.29, 1.82) is 0 Å². The fraction of sp³-hybridized carbons (Fsp3) is 0.286. The molecule has 6 nitrogen and oxygen atoms in total. The summed E-state index contributed by atoms with van der Waals surface area (Å²) in [5.41, 5.74) is 2.67. The molecule has 27 heavy (non-hydrogen) atoms. The molecule has 1 unspecified atom stereocenters. The molecule has 2 heterocycles. The van der Waals surface area contributed by atoms with Crippen molar-refractivity contribution >= 4 is 23.5 Å². The summed E-state index contributed by atoms with van der Waals surface area (Å²) in [6, 6.07) is 14.4. The molecule has 1 amide bonds. The minimum absolute atomic E-state index is 0.319. The normalized spacial score (nSPS) is 23.9. The molecule has 3 atom stereocenters. The zero-order valence-corrected chi connectivity index (χ0v) is 15.0. The van der Waals surface area contributed by atoms with Crippen LogP contribution >= 0.6 is 0 Å². The Balaban J connectivity index is 1.81. The molecule has 2 aromatic rings. The molecule has 0 spiro atoms. The second kappa shape index (κ2) is 6.54. The van der Waals surface area contributed by atoms with Gasteiger partial charge in [0.15, 0.2) is 6.23 Å². The van der Waals surface area contributed by atoms with Crippen LogP contribution in [0.4, 0.5) is 5.69 Å². The van der Waals surface area contributed by atoms with E-state index in [4.69, 9.17) is 9.47 Å². The zero-order chi connectivity index (χ0) is 19.1. The molecule has 6 heteroatoms. The minimum Gasteiger partial charge on any atom is -0.468 e. The minimum atomic E-state index is -0.988. The number of aryl methyl sites for hydroxylation is 1. The number of piperidine rings is 1. The summed E-state index contributed by atoms with van der Waals surface area (Å²) < 4.78 is 10.5. The Kier molecular flexibility index (Phi) is 4.18. The van der Waals surface area contributed by atoms with Gasteiger partial charge in [-0.3, -0.25) is 14.5 Å². The monoisotopic (exact) mass is 365 g/mol. The van der Waals surface area contributed by atoms with Crippen molar-refractivity contribution in [3.63, 3.8) is 0 Å². The summed E-state index contributed by atoms with van der Waals surface area (Å²) in [4.78, 5) is 39.6. The average molecular weight is 365 g/mol. The number of para-hydroxylation sites is 1. The topological polar surface area (TPSA) is 72.9 Å². The molecule has 2 aromatic carbocycles. The Morgan fingerprint density at radius 1 is 1.15 bits per heavy atom. The van der Waals surface area contributed by atoms with Gasteiger partial charge in [-0.15, -0.1) is 0 Å². The largest absolute Gasteiger partial charge is 0.468 e. The standard InChI is InChI=1S/C21H19NO5/c1-12-6-5-7-13(10-12)15-11-17-22(19(23)18(15)21(25)26-2)16-9-4-3-8-14(16)20(24)27-17/h3-10,15,17-18H,11H2,1-2H3/t15-,17?,18-/m1/s1. The number of anilines is 1. The van der Waals surface area contributed by atoms with Gasteiger partial charge in [-0.25, -0.2) is 4.79 Å². The number of ether oxygens (including phenoxy) is 2. The van der Waals surface area contributed by atoms with E-state index in [0.29, 0.717) is 17.7 Å². The highest BCUT2D eigenvalue weighted by Gasteiger charge is 2.51. The van der Waals surface area contributed by atoms with Gasteiger partial charge in [-0.05, 0) is 24.6 Å². The molecule has 0 aromatic heterocycles. The SMILES string of the molecule is COC(=O)[C@H]1C(=O)N2c3ccccc3C(=O)OC2C[C@@H]1c1cccc(C)c1. The fourth-order valence-electron chi connectivity index (χ4n) is 3.96. The third kappa shape index (κ3) is 2.77. The second-order valence-corrected chi connectivity index (χ2v) is 6.84. The van der Waals surface area contributed by atoms with E-state index in [1.165, 1.54) is 12.0 Å². The van der Waals surface area contributed by atoms with Crippen molar-refractivity contribution in [3.8, 4) is 0 Å². The highest BCUT2D eigenvalue weighted by atomic mass is 16.6. The van der Waals surface area contributed by atoms with Gasteiger partial charge in [0.1, 0.15) is 5.92 Å². The molecule has 0 N–H and O–H groups in total. The Morgan fingerprint density at radius 2 is 1.93 bits per heavy atom. The number of carbonyl (C=O) groups excluding carboxylic acids is 3. The number of rotatable bonds is 2. The highest BCUT2D eigenvalue weighted by Crippen LogP contribution is 2.43.